The topological polar surface area (TPSA) is 62.2 Å². The summed E-state index contributed by atoms with van der Waals surface area (Å²) >= 11 is 0. The maximum atomic E-state index is 12.2. The summed E-state index contributed by atoms with van der Waals surface area (Å²) in [5.74, 6) is 0.892. The molecule has 1 fully saturated rings. The minimum atomic E-state index is 0.0302. The molecule has 3 heterocycles. The lowest BCUT2D eigenvalue weighted by Gasteiger charge is -2.34. The molecule has 112 valence electrons. The van der Waals surface area contributed by atoms with Crippen LogP contribution in [0.5, 0.6) is 0 Å². The second kappa shape index (κ2) is 6.80. The van der Waals surface area contributed by atoms with Crippen LogP contribution in [-0.2, 0) is 4.79 Å². The summed E-state index contributed by atoms with van der Waals surface area (Å²) in [6, 6.07) is 3.77. The second-order valence-corrected chi connectivity index (χ2v) is 5.00. The minimum Gasteiger partial charge on any atom is -0.352 e. The highest BCUT2D eigenvalue weighted by atomic mass is 16.2. The Kier molecular flexibility index (Phi) is 4.38. The van der Waals surface area contributed by atoms with E-state index in [9.17, 15) is 4.79 Å². The highest BCUT2D eigenvalue weighted by Gasteiger charge is 2.20. The van der Waals surface area contributed by atoms with Crippen molar-refractivity contribution in [1.29, 1.82) is 0 Å². The lowest BCUT2D eigenvalue weighted by molar-refractivity contribution is -0.126. The molecule has 1 saturated heterocycles. The van der Waals surface area contributed by atoms with Gasteiger partial charge in [0, 0.05) is 57.0 Å². The quantitative estimate of drug-likeness (QED) is 0.797. The predicted octanol–water partition coefficient (Wildman–Crippen LogP) is 1.23. The summed E-state index contributed by atoms with van der Waals surface area (Å²) in [5.41, 5.74) is 0.925. The van der Waals surface area contributed by atoms with Gasteiger partial charge in [-0.2, -0.15) is 0 Å². The van der Waals surface area contributed by atoms with Gasteiger partial charge in [0.15, 0.2) is 0 Å². The van der Waals surface area contributed by atoms with Crippen molar-refractivity contribution < 1.29 is 4.79 Å². The standard InChI is InChI=1S/C16H17N5O/c22-16(4-3-14-2-1-5-17-12-14)21-10-8-20(9-11-21)15-13-18-6-7-19-15/h1-7,12-13H,8-11H2. The number of pyridine rings is 1. The van der Waals surface area contributed by atoms with Crippen LogP contribution < -0.4 is 4.90 Å². The van der Waals surface area contributed by atoms with Gasteiger partial charge in [-0.3, -0.25) is 14.8 Å². The van der Waals surface area contributed by atoms with E-state index in [-0.39, 0.29) is 5.91 Å². The number of carbonyl (C=O) groups is 1. The summed E-state index contributed by atoms with van der Waals surface area (Å²) < 4.78 is 0. The highest BCUT2D eigenvalue weighted by Crippen LogP contribution is 2.12. The molecule has 2 aromatic rings. The number of amides is 1. The first-order chi connectivity index (χ1) is 10.8. The van der Waals surface area contributed by atoms with Crippen LogP contribution in [-0.4, -0.2) is 51.9 Å². The summed E-state index contributed by atoms with van der Waals surface area (Å²) in [4.78, 5) is 28.6. The van der Waals surface area contributed by atoms with Crippen LogP contribution in [0.15, 0.2) is 49.2 Å². The van der Waals surface area contributed by atoms with Crippen molar-refractivity contribution in [3.63, 3.8) is 0 Å². The van der Waals surface area contributed by atoms with Gasteiger partial charge in [0.1, 0.15) is 5.82 Å². The van der Waals surface area contributed by atoms with Crippen molar-refractivity contribution >= 4 is 17.8 Å². The Morgan fingerprint density at radius 3 is 2.55 bits per heavy atom. The number of carbonyl (C=O) groups excluding carboxylic acids is 1. The molecule has 0 bridgehead atoms. The fourth-order valence-corrected chi connectivity index (χ4v) is 2.36. The van der Waals surface area contributed by atoms with Crippen molar-refractivity contribution in [3.05, 3.63) is 54.8 Å². The molecule has 0 atom stereocenters. The number of piperazine rings is 1. The normalized spacial score (nSPS) is 15.3. The molecule has 0 unspecified atom stereocenters. The van der Waals surface area contributed by atoms with Crippen LogP contribution in [0.1, 0.15) is 5.56 Å². The van der Waals surface area contributed by atoms with Gasteiger partial charge in [-0.1, -0.05) is 6.07 Å². The first kappa shape index (κ1) is 14.2. The summed E-state index contributed by atoms with van der Waals surface area (Å²) in [5, 5.41) is 0. The van der Waals surface area contributed by atoms with E-state index >= 15 is 0 Å². The molecule has 22 heavy (non-hydrogen) atoms. The number of anilines is 1. The van der Waals surface area contributed by atoms with Crippen LogP contribution in [0, 0.1) is 0 Å². The minimum absolute atomic E-state index is 0.0302. The van der Waals surface area contributed by atoms with E-state index in [0.29, 0.717) is 13.1 Å². The fourth-order valence-electron chi connectivity index (χ4n) is 2.36. The van der Waals surface area contributed by atoms with Crippen LogP contribution >= 0.6 is 0 Å². The monoisotopic (exact) mass is 295 g/mol. The molecule has 6 heteroatoms. The SMILES string of the molecule is O=C(C=Cc1cccnc1)N1CCN(c2cnccn2)CC1. The third-order valence-corrected chi connectivity index (χ3v) is 3.57. The molecule has 1 aliphatic rings. The zero-order valence-electron chi connectivity index (χ0n) is 12.2. The molecule has 0 aliphatic carbocycles. The van der Waals surface area contributed by atoms with Crippen molar-refractivity contribution in [2.24, 2.45) is 0 Å². The number of nitrogens with zero attached hydrogens (tertiary/aromatic N) is 5. The first-order valence-corrected chi connectivity index (χ1v) is 7.21. The zero-order valence-corrected chi connectivity index (χ0v) is 12.2. The Hall–Kier alpha value is -2.76. The van der Waals surface area contributed by atoms with E-state index in [2.05, 4.69) is 19.9 Å². The van der Waals surface area contributed by atoms with Crippen LogP contribution in [0.25, 0.3) is 6.08 Å². The number of rotatable bonds is 3. The Balaban J connectivity index is 1.55. The lowest BCUT2D eigenvalue weighted by Crippen LogP contribution is -2.48. The van der Waals surface area contributed by atoms with Gasteiger partial charge >= 0.3 is 0 Å². The van der Waals surface area contributed by atoms with Gasteiger partial charge in [-0.15, -0.1) is 0 Å². The summed E-state index contributed by atoms with van der Waals surface area (Å²) in [6.45, 7) is 2.91. The number of aromatic nitrogens is 3. The average molecular weight is 295 g/mol. The molecule has 2 aromatic heterocycles. The third-order valence-electron chi connectivity index (χ3n) is 3.57. The molecule has 0 aromatic carbocycles. The maximum Gasteiger partial charge on any atom is 0.246 e. The molecule has 1 amide bonds. The molecular formula is C16H17N5O. The molecule has 1 aliphatic heterocycles. The smallest absolute Gasteiger partial charge is 0.246 e. The van der Waals surface area contributed by atoms with Gasteiger partial charge in [0.05, 0.1) is 6.20 Å². The highest BCUT2D eigenvalue weighted by molar-refractivity contribution is 5.91. The van der Waals surface area contributed by atoms with Gasteiger partial charge in [-0.05, 0) is 17.7 Å². The molecule has 6 nitrogen and oxygen atoms in total. The van der Waals surface area contributed by atoms with Crippen LogP contribution in [0.3, 0.4) is 0 Å². The van der Waals surface area contributed by atoms with E-state index in [0.717, 1.165) is 24.5 Å². The lowest BCUT2D eigenvalue weighted by atomic mass is 10.2. The molecule has 0 N–H and O–H groups in total. The Morgan fingerprint density at radius 1 is 1.05 bits per heavy atom. The number of hydrogen-bond donors (Lipinski definition) is 0. The van der Waals surface area contributed by atoms with Crippen molar-refractivity contribution in [2.45, 2.75) is 0 Å². The molecule has 0 saturated carbocycles. The molecular weight excluding hydrogens is 278 g/mol. The second-order valence-electron chi connectivity index (χ2n) is 5.00. The predicted molar refractivity (Wildman–Crippen MR) is 84.1 cm³/mol. The van der Waals surface area contributed by atoms with Crippen molar-refractivity contribution in [3.8, 4) is 0 Å². The van der Waals surface area contributed by atoms with E-state index in [4.69, 9.17) is 0 Å². The van der Waals surface area contributed by atoms with Crippen molar-refractivity contribution in [2.75, 3.05) is 31.1 Å². The van der Waals surface area contributed by atoms with Gasteiger partial charge in [-0.25, -0.2) is 4.98 Å². The van der Waals surface area contributed by atoms with E-state index in [1.807, 2.05) is 17.0 Å². The van der Waals surface area contributed by atoms with E-state index < -0.39 is 0 Å². The average Bonchev–Trinajstić information content (AvgIpc) is 2.61. The summed E-state index contributed by atoms with van der Waals surface area (Å²) in [7, 11) is 0. The van der Waals surface area contributed by atoms with Crippen LogP contribution in [0.2, 0.25) is 0 Å². The van der Waals surface area contributed by atoms with E-state index in [1.165, 1.54) is 0 Å². The first-order valence-electron chi connectivity index (χ1n) is 7.21. The van der Waals surface area contributed by atoms with Crippen LogP contribution in [0.4, 0.5) is 5.82 Å². The largest absolute Gasteiger partial charge is 0.352 e. The summed E-state index contributed by atoms with van der Waals surface area (Å²) in [6.07, 6.45) is 11.9. The van der Waals surface area contributed by atoms with Gasteiger partial charge in [0.2, 0.25) is 5.91 Å². The zero-order chi connectivity index (χ0) is 15.2. The Morgan fingerprint density at radius 2 is 1.86 bits per heavy atom. The molecule has 3 rings (SSSR count). The van der Waals surface area contributed by atoms with Gasteiger partial charge in [0.25, 0.3) is 0 Å². The van der Waals surface area contributed by atoms with Gasteiger partial charge < -0.3 is 9.80 Å². The molecule has 0 spiro atoms. The maximum absolute atomic E-state index is 12.2. The third kappa shape index (κ3) is 3.46. The Bertz CT molecular complexity index is 636. The van der Waals surface area contributed by atoms with Crippen molar-refractivity contribution in [1.82, 2.24) is 19.9 Å². The fraction of sp³-hybridized carbons (Fsp3) is 0.250. The molecule has 0 radical (unpaired) electrons. The van der Waals surface area contributed by atoms with E-state index in [1.54, 1.807) is 43.1 Å². The Labute approximate surface area is 129 Å². The number of hydrogen-bond acceptors (Lipinski definition) is 5.